The van der Waals surface area contributed by atoms with E-state index in [-0.39, 0.29) is 5.92 Å². The minimum atomic E-state index is -0.0514. The largest absolute Gasteiger partial charge is 0.193 e. The topological polar surface area (TPSA) is 47.6 Å². The van der Waals surface area contributed by atoms with Crippen molar-refractivity contribution >= 4 is 22.3 Å². The molecule has 14 rings (SSSR count). The Morgan fingerprint density at radius 1 is 0.318 bits per heavy atom. The highest BCUT2D eigenvalue weighted by Gasteiger charge is 2.27. The van der Waals surface area contributed by atoms with Gasteiger partial charge in [0.2, 0.25) is 0 Å². The van der Waals surface area contributed by atoms with Crippen molar-refractivity contribution in [3.63, 3.8) is 0 Å². The molecule has 0 heterocycles. The molecule has 0 saturated carbocycles. The first-order chi connectivity index (χ1) is 43.5. The lowest BCUT2D eigenvalue weighted by Gasteiger charge is -2.27. The summed E-state index contributed by atoms with van der Waals surface area (Å²) in [5, 5.41) is 22.2. The Balaban J connectivity index is 1.01. The van der Waals surface area contributed by atoms with Gasteiger partial charge in [0.15, 0.2) is 0 Å². The first kappa shape index (κ1) is 55.0. The highest BCUT2D eigenvalue weighted by atomic mass is 14.3. The van der Waals surface area contributed by atoms with Crippen molar-refractivity contribution in [1.82, 2.24) is 0 Å². The van der Waals surface area contributed by atoms with E-state index >= 15 is 0 Å². The van der Waals surface area contributed by atoms with Gasteiger partial charge < -0.3 is 0 Å². The molecule has 3 aliphatic rings. The van der Waals surface area contributed by atoms with E-state index in [1.807, 2.05) is 18.2 Å². The molecule has 0 saturated heterocycles. The number of nitriles is 2. The predicted molar refractivity (Wildman–Crippen MR) is 368 cm³/mol. The third kappa shape index (κ3) is 11.5. The van der Waals surface area contributed by atoms with Gasteiger partial charge in [-0.05, 0) is 240 Å². The number of allylic oxidation sites excluding steroid dienone is 10. The van der Waals surface area contributed by atoms with Crippen molar-refractivity contribution in [1.29, 1.82) is 10.5 Å². The molecule has 0 radical (unpaired) electrons. The quantitative estimate of drug-likeness (QED) is 0.115. The van der Waals surface area contributed by atoms with Crippen molar-refractivity contribution in [2.75, 3.05) is 0 Å². The summed E-state index contributed by atoms with van der Waals surface area (Å²) < 4.78 is 0. The van der Waals surface area contributed by atoms with Crippen molar-refractivity contribution in [3.05, 3.63) is 336 Å². The smallest absolute Gasteiger partial charge is 0.100 e. The standard InChI is InChI=1S/C86H64N2/c87-57-85-81(63-31-15-5-16-32-63)39-21-41-83(85)79-53-69(61-27-11-3-12-28-61)45-77(55-79)75-49-71(67-37-19-35-65(43-67)59-23-7-1-8-24-59)47-73(51-75)74-48-72(68-38-20-36-66(44-68)60-25-9-2-10-26-60)50-76(52-74)78-46-70(62-29-13-4-14-30-62)54-80(56-78)84-42-22-40-82(86(84)58-88)64-33-17-6-18-34-64/h1-3,5-13,15-18,20-21,23-34,36-39,41,43-56,84H,4,14,19,22,35,40,42H2. The maximum absolute atomic E-state index is 11.2. The van der Waals surface area contributed by atoms with Gasteiger partial charge in [-0.3, -0.25) is 0 Å². The summed E-state index contributed by atoms with van der Waals surface area (Å²) in [5.74, 6) is -0.0514. The molecular formula is C86H64N2. The van der Waals surface area contributed by atoms with Gasteiger partial charge in [0.05, 0.1) is 11.6 Å². The fourth-order valence-corrected chi connectivity index (χ4v) is 13.5. The Labute approximate surface area is 518 Å². The first-order valence-corrected chi connectivity index (χ1v) is 30.9. The fraction of sp³-hybridized carbons (Fsp3) is 0.0930. The van der Waals surface area contributed by atoms with Crippen LogP contribution in [0.3, 0.4) is 0 Å². The number of hydrogen-bond acceptors (Lipinski definition) is 2. The van der Waals surface area contributed by atoms with E-state index in [1.165, 1.54) is 39.0 Å². The lowest BCUT2D eigenvalue weighted by atomic mass is 9.76. The fourth-order valence-electron chi connectivity index (χ4n) is 13.5. The van der Waals surface area contributed by atoms with Gasteiger partial charge in [-0.25, -0.2) is 0 Å². The van der Waals surface area contributed by atoms with Crippen LogP contribution in [0.4, 0.5) is 0 Å². The van der Waals surface area contributed by atoms with Crippen LogP contribution in [0.2, 0.25) is 0 Å². The lowest BCUT2D eigenvalue weighted by Crippen LogP contribution is -2.10. The van der Waals surface area contributed by atoms with Crippen LogP contribution in [-0.4, -0.2) is 0 Å². The molecule has 11 aromatic rings. The number of hydrogen-bond donors (Lipinski definition) is 0. The van der Waals surface area contributed by atoms with E-state index < -0.39 is 0 Å². The van der Waals surface area contributed by atoms with Gasteiger partial charge >= 0.3 is 0 Å². The van der Waals surface area contributed by atoms with Crippen molar-refractivity contribution in [2.24, 2.45) is 0 Å². The molecule has 3 aliphatic carbocycles. The zero-order chi connectivity index (χ0) is 59.2. The Hall–Kier alpha value is -10.9. The number of nitrogens with zero attached hydrogens (tertiary/aromatic N) is 2. The van der Waals surface area contributed by atoms with Gasteiger partial charge in [-0.2, -0.15) is 10.5 Å². The van der Waals surface area contributed by atoms with Crippen LogP contribution >= 0.6 is 0 Å². The van der Waals surface area contributed by atoms with E-state index in [0.717, 1.165) is 151 Å². The average molecular weight is 1130 g/mol. The van der Waals surface area contributed by atoms with Crippen LogP contribution in [0.25, 0.3) is 111 Å². The van der Waals surface area contributed by atoms with Crippen LogP contribution in [0.5, 0.6) is 0 Å². The molecule has 0 fully saturated rings. The summed E-state index contributed by atoms with van der Waals surface area (Å²) >= 11 is 0. The van der Waals surface area contributed by atoms with E-state index in [4.69, 9.17) is 0 Å². The second-order valence-corrected chi connectivity index (χ2v) is 23.4. The van der Waals surface area contributed by atoms with Crippen LogP contribution in [0, 0.1) is 22.7 Å². The van der Waals surface area contributed by atoms with Crippen LogP contribution in [0.15, 0.2) is 303 Å². The van der Waals surface area contributed by atoms with E-state index in [9.17, 15) is 10.5 Å². The monoisotopic (exact) mass is 1120 g/mol. The highest BCUT2D eigenvalue weighted by Crippen LogP contribution is 2.46. The van der Waals surface area contributed by atoms with Crippen LogP contribution < -0.4 is 0 Å². The Bertz CT molecular complexity index is 4680. The zero-order valence-electron chi connectivity index (χ0n) is 49.2. The Kier molecular flexibility index (Phi) is 15.6. The van der Waals surface area contributed by atoms with Gasteiger partial charge in [-0.1, -0.05) is 231 Å². The van der Waals surface area contributed by atoms with Crippen molar-refractivity contribution in [2.45, 2.75) is 50.9 Å². The minimum absolute atomic E-state index is 0.0514. The van der Waals surface area contributed by atoms with Crippen molar-refractivity contribution < 1.29 is 0 Å². The van der Waals surface area contributed by atoms with Crippen LogP contribution in [-0.2, 0) is 0 Å². The molecule has 2 heteroatoms. The normalized spacial score (nSPS) is 14.7. The maximum Gasteiger partial charge on any atom is 0.100 e. The molecular weight excluding hydrogens is 1060 g/mol. The van der Waals surface area contributed by atoms with Gasteiger partial charge in [-0.15, -0.1) is 0 Å². The third-order valence-electron chi connectivity index (χ3n) is 17.9. The zero-order valence-corrected chi connectivity index (χ0v) is 49.2. The van der Waals surface area contributed by atoms with Gasteiger partial charge in [0.25, 0.3) is 0 Å². The average Bonchev–Trinajstić information content (AvgIpc) is 1.69. The van der Waals surface area contributed by atoms with E-state index in [2.05, 4.69) is 291 Å². The highest BCUT2D eigenvalue weighted by molar-refractivity contribution is 5.94. The summed E-state index contributed by atoms with van der Waals surface area (Å²) in [6, 6.07) is 102. The molecule has 1 unspecified atom stereocenters. The maximum atomic E-state index is 11.2. The molecule has 0 N–H and O–H groups in total. The van der Waals surface area contributed by atoms with E-state index in [0.29, 0.717) is 5.56 Å². The van der Waals surface area contributed by atoms with Crippen LogP contribution in [0.1, 0.15) is 84.2 Å². The minimum Gasteiger partial charge on any atom is -0.193 e. The number of benzene rings is 11. The Morgan fingerprint density at radius 3 is 1.31 bits per heavy atom. The molecule has 0 aliphatic heterocycles. The first-order valence-electron chi connectivity index (χ1n) is 30.9. The predicted octanol–water partition coefficient (Wildman–Crippen LogP) is 23.1. The molecule has 1 atom stereocenters. The third-order valence-corrected chi connectivity index (χ3v) is 17.9. The SMILES string of the molecule is N#CC1=C(c2ccccc2)CCCC1c1cc(C2=CCCC=C2)cc(-c2cc(-c3cccc(-c4ccccc4)c3)cc(-c3cc(C4=CCCC(c5ccccc5)=C4)cc(-c4cc(-c5ccccc5)cc(-c5cccc(-c6ccccc6)c5C#N)c4)c3)c2)c1. The molecule has 0 aromatic heterocycles. The molecule has 2 nitrogen and oxygen atoms in total. The second kappa shape index (κ2) is 25.0. The molecule has 88 heavy (non-hydrogen) atoms. The molecule has 11 aromatic carbocycles. The molecule has 418 valence electrons. The van der Waals surface area contributed by atoms with E-state index in [1.54, 1.807) is 0 Å². The van der Waals surface area contributed by atoms with Crippen molar-refractivity contribution in [3.8, 4) is 101 Å². The molecule has 0 bridgehead atoms. The molecule has 0 amide bonds. The van der Waals surface area contributed by atoms with Gasteiger partial charge in [0.1, 0.15) is 6.07 Å². The summed E-state index contributed by atoms with van der Waals surface area (Å²) in [4.78, 5) is 0. The van der Waals surface area contributed by atoms with Gasteiger partial charge in [0, 0.05) is 22.6 Å². The summed E-state index contributed by atoms with van der Waals surface area (Å²) in [7, 11) is 0. The molecule has 0 spiro atoms. The summed E-state index contributed by atoms with van der Waals surface area (Å²) in [5.41, 5.74) is 29.3. The lowest BCUT2D eigenvalue weighted by molar-refractivity contribution is 0.646. The second-order valence-electron chi connectivity index (χ2n) is 23.4. The summed E-state index contributed by atoms with van der Waals surface area (Å²) in [6.07, 6.45) is 18.5. The summed E-state index contributed by atoms with van der Waals surface area (Å²) in [6.45, 7) is 0. The Morgan fingerprint density at radius 2 is 0.739 bits per heavy atom. The number of rotatable bonds is 13.